The number of hydrogen-bond donors (Lipinski definition) is 1. The number of pyridine rings is 1. The highest BCUT2D eigenvalue weighted by atomic mass is 35.5. The van der Waals surface area contributed by atoms with E-state index in [0.29, 0.717) is 5.02 Å². The largest absolute Gasteiger partial charge is 0.493 e. The SMILES string of the molecule is COc1cc(Cl)cnc1N1CCNCC1. The fourth-order valence-corrected chi connectivity index (χ4v) is 1.83. The first-order chi connectivity index (χ1) is 7.31. The number of halogens is 1. The Morgan fingerprint density at radius 1 is 1.47 bits per heavy atom. The van der Waals surface area contributed by atoms with Gasteiger partial charge in [-0.2, -0.15) is 0 Å². The van der Waals surface area contributed by atoms with Crippen molar-refractivity contribution in [3.63, 3.8) is 0 Å². The lowest BCUT2D eigenvalue weighted by atomic mass is 10.3. The van der Waals surface area contributed by atoms with Gasteiger partial charge in [-0.05, 0) is 0 Å². The van der Waals surface area contributed by atoms with Crippen LogP contribution in [0.25, 0.3) is 0 Å². The van der Waals surface area contributed by atoms with E-state index in [1.54, 1.807) is 19.4 Å². The first-order valence-corrected chi connectivity index (χ1v) is 5.34. The molecule has 2 rings (SSSR count). The molecule has 82 valence electrons. The Morgan fingerprint density at radius 3 is 2.87 bits per heavy atom. The molecule has 0 saturated carbocycles. The third-order valence-electron chi connectivity index (χ3n) is 2.44. The van der Waals surface area contributed by atoms with E-state index < -0.39 is 0 Å². The van der Waals surface area contributed by atoms with Gasteiger partial charge in [-0.15, -0.1) is 0 Å². The van der Waals surface area contributed by atoms with Crippen LogP contribution in [0.1, 0.15) is 0 Å². The highest BCUT2D eigenvalue weighted by molar-refractivity contribution is 6.30. The molecule has 1 fully saturated rings. The maximum atomic E-state index is 5.86. The summed E-state index contributed by atoms with van der Waals surface area (Å²) in [5.74, 6) is 1.62. The standard InChI is InChI=1S/C10H14ClN3O/c1-15-9-6-8(11)7-13-10(9)14-4-2-12-3-5-14/h6-7,12H,2-5H2,1H3. The molecule has 1 aromatic rings. The summed E-state index contributed by atoms with van der Waals surface area (Å²) in [6, 6.07) is 1.80. The Balaban J connectivity index is 2.25. The molecular formula is C10H14ClN3O. The molecule has 5 heteroatoms. The van der Waals surface area contributed by atoms with Crippen molar-refractivity contribution in [3.05, 3.63) is 17.3 Å². The van der Waals surface area contributed by atoms with Crippen molar-refractivity contribution in [1.29, 1.82) is 0 Å². The van der Waals surface area contributed by atoms with Crippen molar-refractivity contribution in [2.75, 3.05) is 38.2 Å². The second-order valence-electron chi connectivity index (χ2n) is 3.42. The predicted molar refractivity (Wildman–Crippen MR) is 60.9 cm³/mol. The molecule has 1 N–H and O–H groups in total. The van der Waals surface area contributed by atoms with Crippen LogP contribution in [0.15, 0.2) is 12.3 Å². The summed E-state index contributed by atoms with van der Waals surface area (Å²) in [4.78, 5) is 6.51. The number of rotatable bonds is 2. The molecule has 1 aliphatic heterocycles. The number of methoxy groups -OCH3 is 1. The van der Waals surface area contributed by atoms with Crippen LogP contribution >= 0.6 is 11.6 Å². The Hall–Kier alpha value is -1.00. The summed E-state index contributed by atoms with van der Waals surface area (Å²) in [5, 5.41) is 3.90. The Kier molecular flexibility index (Phi) is 3.28. The minimum atomic E-state index is 0.603. The van der Waals surface area contributed by atoms with Crippen molar-refractivity contribution in [2.24, 2.45) is 0 Å². The van der Waals surface area contributed by atoms with Crippen molar-refractivity contribution in [3.8, 4) is 5.75 Å². The van der Waals surface area contributed by atoms with E-state index in [-0.39, 0.29) is 0 Å². The normalized spacial score (nSPS) is 16.5. The van der Waals surface area contributed by atoms with Gasteiger partial charge in [0.2, 0.25) is 0 Å². The van der Waals surface area contributed by atoms with Gasteiger partial charge in [0.15, 0.2) is 11.6 Å². The Bertz CT molecular complexity index is 339. The molecule has 0 unspecified atom stereocenters. The molecule has 0 atom stereocenters. The Labute approximate surface area is 94.2 Å². The molecule has 0 bridgehead atoms. The lowest BCUT2D eigenvalue weighted by Gasteiger charge is -2.29. The fraction of sp³-hybridized carbons (Fsp3) is 0.500. The van der Waals surface area contributed by atoms with Crippen LogP contribution in [0.3, 0.4) is 0 Å². The van der Waals surface area contributed by atoms with E-state index in [9.17, 15) is 0 Å². The van der Waals surface area contributed by atoms with Gasteiger partial charge in [0.25, 0.3) is 0 Å². The van der Waals surface area contributed by atoms with Crippen LogP contribution in [0, 0.1) is 0 Å². The van der Waals surface area contributed by atoms with Crippen LogP contribution in [0.2, 0.25) is 5.02 Å². The van der Waals surface area contributed by atoms with Gasteiger partial charge < -0.3 is 15.0 Å². The molecule has 4 nitrogen and oxygen atoms in total. The summed E-state index contributed by atoms with van der Waals surface area (Å²) in [7, 11) is 1.64. The zero-order valence-corrected chi connectivity index (χ0v) is 9.42. The average Bonchev–Trinajstić information content (AvgIpc) is 2.30. The second kappa shape index (κ2) is 4.68. The van der Waals surface area contributed by atoms with Crippen molar-refractivity contribution >= 4 is 17.4 Å². The molecule has 0 aliphatic carbocycles. The molecule has 1 aliphatic rings. The van der Waals surface area contributed by atoms with Gasteiger partial charge in [-0.1, -0.05) is 11.6 Å². The molecular weight excluding hydrogens is 214 g/mol. The zero-order valence-electron chi connectivity index (χ0n) is 8.66. The topological polar surface area (TPSA) is 37.4 Å². The number of piperazine rings is 1. The quantitative estimate of drug-likeness (QED) is 0.823. The summed E-state index contributed by atoms with van der Waals surface area (Å²) in [5.41, 5.74) is 0. The van der Waals surface area contributed by atoms with Crippen LogP contribution < -0.4 is 15.0 Å². The molecule has 0 spiro atoms. The first kappa shape index (κ1) is 10.5. The molecule has 0 amide bonds. The Morgan fingerprint density at radius 2 is 2.20 bits per heavy atom. The van der Waals surface area contributed by atoms with Gasteiger partial charge >= 0.3 is 0 Å². The maximum Gasteiger partial charge on any atom is 0.171 e. The number of hydrogen-bond acceptors (Lipinski definition) is 4. The number of aromatic nitrogens is 1. The van der Waals surface area contributed by atoms with Gasteiger partial charge in [0.05, 0.1) is 12.1 Å². The highest BCUT2D eigenvalue weighted by Crippen LogP contribution is 2.28. The van der Waals surface area contributed by atoms with Crippen LogP contribution in [0.4, 0.5) is 5.82 Å². The van der Waals surface area contributed by atoms with Crippen LogP contribution in [-0.2, 0) is 0 Å². The molecule has 1 aromatic heterocycles. The minimum absolute atomic E-state index is 0.603. The van der Waals surface area contributed by atoms with E-state index in [1.165, 1.54) is 0 Å². The van der Waals surface area contributed by atoms with E-state index >= 15 is 0 Å². The predicted octanol–water partition coefficient (Wildman–Crippen LogP) is 1.15. The summed E-state index contributed by atoms with van der Waals surface area (Å²) in [6.07, 6.45) is 1.65. The average molecular weight is 228 g/mol. The minimum Gasteiger partial charge on any atom is -0.493 e. The number of nitrogens with one attached hydrogen (secondary N) is 1. The molecule has 0 aromatic carbocycles. The van der Waals surface area contributed by atoms with E-state index in [2.05, 4.69) is 15.2 Å². The number of ether oxygens (including phenoxy) is 1. The highest BCUT2D eigenvalue weighted by Gasteiger charge is 2.16. The molecule has 1 saturated heterocycles. The van der Waals surface area contributed by atoms with Gasteiger partial charge in [0.1, 0.15) is 0 Å². The van der Waals surface area contributed by atoms with Gasteiger partial charge in [0, 0.05) is 38.4 Å². The van der Waals surface area contributed by atoms with E-state index in [0.717, 1.165) is 37.7 Å². The van der Waals surface area contributed by atoms with Crippen molar-refractivity contribution in [1.82, 2.24) is 10.3 Å². The van der Waals surface area contributed by atoms with Crippen LogP contribution in [-0.4, -0.2) is 38.3 Å². The van der Waals surface area contributed by atoms with Gasteiger partial charge in [-0.3, -0.25) is 0 Å². The van der Waals surface area contributed by atoms with Crippen molar-refractivity contribution in [2.45, 2.75) is 0 Å². The summed E-state index contributed by atoms with van der Waals surface area (Å²) in [6.45, 7) is 3.86. The number of nitrogens with zero attached hydrogens (tertiary/aromatic N) is 2. The third kappa shape index (κ3) is 2.33. The smallest absolute Gasteiger partial charge is 0.171 e. The summed E-state index contributed by atoms with van der Waals surface area (Å²) < 4.78 is 5.27. The van der Waals surface area contributed by atoms with Gasteiger partial charge in [-0.25, -0.2) is 4.98 Å². The van der Waals surface area contributed by atoms with Crippen molar-refractivity contribution < 1.29 is 4.74 Å². The first-order valence-electron chi connectivity index (χ1n) is 4.96. The third-order valence-corrected chi connectivity index (χ3v) is 2.64. The van der Waals surface area contributed by atoms with E-state index in [1.807, 2.05) is 0 Å². The molecule has 0 radical (unpaired) electrons. The van der Waals surface area contributed by atoms with E-state index in [4.69, 9.17) is 16.3 Å². The summed E-state index contributed by atoms with van der Waals surface area (Å²) >= 11 is 5.86. The number of anilines is 1. The lowest BCUT2D eigenvalue weighted by Crippen LogP contribution is -2.44. The van der Waals surface area contributed by atoms with Crippen LogP contribution in [0.5, 0.6) is 5.75 Å². The zero-order chi connectivity index (χ0) is 10.7. The second-order valence-corrected chi connectivity index (χ2v) is 3.85. The molecule has 2 heterocycles. The lowest BCUT2D eigenvalue weighted by molar-refractivity contribution is 0.411. The monoisotopic (exact) mass is 227 g/mol. The molecule has 15 heavy (non-hydrogen) atoms. The maximum absolute atomic E-state index is 5.86. The fourth-order valence-electron chi connectivity index (χ4n) is 1.68.